The molecule has 192 valence electrons. The first kappa shape index (κ1) is 25.8. The average molecular weight is 500 g/mol. The van der Waals surface area contributed by atoms with E-state index in [1.54, 1.807) is 18.5 Å². The van der Waals surface area contributed by atoms with E-state index in [1.807, 2.05) is 37.8 Å². The van der Waals surface area contributed by atoms with Gasteiger partial charge in [-0.15, -0.1) is 0 Å². The van der Waals surface area contributed by atoms with Crippen molar-refractivity contribution in [3.63, 3.8) is 0 Å². The molecule has 0 spiro atoms. The predicted octanol–water partition coefficient (Wildman–Crippen LogP) is 3.69. The van der Waals surface area contributed by atoms with E-state index < -0.39 is 17.5 Å². The van der Waals surface area contributed by atoms with Crippen LogP contribution in [0.15, 0.2) is 47.7 Å². The maximum atomic E-state index is 13.9. The number of nitrogens with zero attached hydrogens (tertiary/aromatic N) is 4. The number of alkyl halides is 2. The van der Waals surface area contributed by atoms with Gasteiger partial charge < -0.3 is 14.8 Å². The number of dihydropyridines is 1. The molecule has 4 rings (SSSR count). The van der Waals surface area contributed by atoms with E-state index in [0.717, 1.165) is 24.1 Å². The lowest BCUT2D eigenvalue weighted by molar-refractivity contribution is 0.00569. The Bertz CT molecular complexity index is 1140. The van der Waals surface area contributed by atoms with Gasteiger partial charge in [0.2, 0.25) is 5.88 Å². The third kappa shape index (κ3) is 5.76. The van der Waals surface area contributed by atoms with Crippen LogP contribution in [-0.2, 0) is 10.7 Å². The van der Waals surface area contributed by atoms with E-state index >= 15 is 0 Å². The molecule has 2 aliphatic rings. The number of nitrogens with one attached hydrogen (secondary N) is 1. The van der Waals surface area contributed by atoms with Gasteiger partial charge in [-0.05, 0) is 56.2 Å². The smallest absolute Gasteiger partial charge is 0.271 e. The lowest BCUT2D eigenvalue weighted by Crippen LogP contribution is -2.64. The highest BCUT2D eigenvalue weighted by atomic mass is 19.3. The number of aromatic nitrogens is 2. The van der Waals surface area contributed by atoms with Crippen molar-refractivity contribution >= 4 is 17.7 Å². The number of aliphatic imine (C=N–C) groups is 1. The fraction of sp³-hybridized carbons (Fsp3) is 0.462. The van der Waals surface area contributed by atoms with Crippen molar-refractivity contribution in [2.45, 2.75) is 51.4 Å². The lowest BCUT2D eigenvalue weighted by atomic mass is 9.92. The second-order valence-electron chi connectivity index (χ2n) is 9.30. The van der Waals surface area contributed by atoms with Crippen LogP contribution in [0, 0.1) is 0 Å². The molecule has 0 saturated carbocycles. The van der Waals surface area contributed by atoms with Crippen molar-refractivity contribution in [3.8, 4) is 5.88 Å². The number of halogens is 2. The van der Waals surface area contributed by atoms with Crippen molar-refractivity contribution in [2.75, 3.05) is 26.3 Å². The molecule has 2 aromatic heterocycles. The summed E-state index contributed by atoms with van der Waals surface area (Å²) in [7, 11) is 0. The zero-order valence-corrected chi connectivity index (χ0v) is 20.9. The number of amides is 1. The van der Waals surface area contributed by atoms with Crippen LogP contribution in [0.4, 0.5) is 8.78 Å². The van der Waals surface area contributed by atoms with Gasteiger partial charge in [-0.3, -0.25) is 19.7 Å². The first-order valence-corrected chi connectivity index (χ1v) is 12.0. The maximum Gasteiger partial charge on any atom is 0.271 e. The van der Waals surface area contributed by atoms with E-state index in [9.17, 15) is 13.6 Å². The Balaban J connectivity index is 1.70. The third-order valence-electron chi connectivity index (χ3n) is 6.09. The lowest BCUT2D eigenvalue weighted by Gasteiger charge is -2.44. The first-order chi connectivity index (χ1) is 17.1. The highest BCUT2D eigenvalue weighted by Gasteiger charge is 2.40. The molecule has 2 atom stereocenters. The molecule has 2 aromatic rings. The van der Waals surface area contributed by atoms with Crippen molar-refractivity contribution in [3.05, 3.63) is 59.6 Å². The first-order valence-electron chi connectivity index (χ1n) is 12.0. The number of ether oxygens (including phenoxy) is 2. The number of morpholine rings is 1. The Morgan fingerprint density at radius 3 is 2.64 bits per heavy atom. The average Bonchev–Trinajstić information content (AvgIpc) is 2.85. The van der Waals surface area contributed by atoms with E-state index in [0.29, 0.717) is 32.2 Å². The molecule has 4 heterocycles. The Kier molecular flexibility index (Phi) is 7.46. The molecule has 1 saturated heterocycles. The fourth-order valence-corrected chi connectivity index (χ4v) is 4.21. The monoisotopic (exact) mass is 499 g/mol. The SMILES string of the molecule is CC(C)Oc1ccc(C2=CC(NC(=O)c3cc(C(C)(F)F)ccn3)(N3CCOCC3)C=NC2C)cn1. The van der Waals surface area contributed by atoms with Gasteiger partial charge in [0.15, 0.2) is 0 Å². The van der Waals surface area contributed by atoms with Gasteiger partial charge in [-0.2, -0.15) is 0 Å². The van der Waals surface area contributed by atoms with Crippen molar-refractivity contribution in [2.24, 2.45) is 4.99 Å². The summed E-state index contributed by atoms with van der Waals surface area (Å²) in [4.78, 5) is 28.5. The number of pyridine rings is 2. The van der Waals surface area contributed by atoms with E-state index in [4.69, 9.17) is 14.5 Å². The molecule has 0 bridgehead atoms. The maximum absolute atomic E-state index is 13.9. The summed E-state index contributed by atoms with van der Waals surface area (Å²) in [5, 5.41) is 3.01. The molecule has 10 heteroatoms. The molecular formula is C26H31F2N5O3. The van der Waals surface area contributed by atoms with Crippen LogP contribution in [0.2, 0.25) is 0 Å². The molecule has 0 aromatic carbocycles. The minimum absolute atomic E-state index is 0.00437. The Morgan fingerprint density at radius 1 is 1.25 bits per heavy atom. The van der Waals surface area contributed by atoms with Gasteiger partial charge in [0.05, 0.1) is 25.4 Å². The van der Waals surface area contributed by atoms with Gasteiger partial charge in [0.1, 0.15) is 11.4 Å². The summed E-state index contributed by atoms with van der Waals surface area (Å²) in [6.45, 7) is 8.68. The quantitative estimate of drug-likeness (QED) is 0.625. The fourth-order valence-electron chi connectivity index (χ4n) is 4.21. The topological polar surface area (TPSA) is 88.9 Å². The molecule has 8 nitrogen and oxygen atoms in total. The highest BCUT2D eigenvalue weighted by Crippen LogP contribution is 2.31. The molecule has 2 unspecified atom stereocenters. The molecule has 0 radical (unpaired) electrons. The van der Waals surface area contributed by atoms with Crippen LogP contribution in [0.1, 0.15) is 49.3 Å². The van der Waals surface area contributed by atoms with Crippen molar-refractivity contribution in [1.82, 2.24) is 20.2 Å². The second kappa shape index (κ2) is 10.4. The minimum atomic E-state index is -3.09. The Hall–Kier alpha value is -3.24. The normalized spacial score (nSPS) is 22.9. The number of rotatable bonds is 7. The molecule has 2 aliphatic heterocycles. The molecule has 0 aliphatic carbocycles. The Labute approximate surface area is 209 Å². The van der Waals surface area contributed by atoms with Gasteiger partial charge in [-0.1, -0.05) is 0 Å². The zero-order valence-electron chi connectivity index (χ0n) is 20.9. The van der Waals surface area contributed by atoms with Crippen LogP contribution in [0.25, 0.3) is 5.57 Å². The summed E-state index contributed by atoms with van der Waals surface area (Å²) in [6, 6.07) is 5.85. The van der Waals surface area contributed by atoms with E-state index in [2.05, 4.69) is 15.3 Å². The Morgan fingerprint density at radius 2 is 2.00 bits per heavy atom. The van der Waals surface area contributed by atoms with Crippen LogP contribution in [0.5, 0.6) is 5.88 Å². The van der Waals surface area contributed by atoms with E-state index in [1.165, 1.54) is 12.3 Å². The van der Waals surface area contributed by atoms with Gasteiger partial charge in [0, 0.05) is 50.3 Å². The number of carbonyl (C=O) groups is 1. The van der Waals surface area contributed by atoms with Crippen LogP contribution in [0.3, 0.4) is 0 Å². The van der Waals surface area contributed by atoms with Gasteiger partial charge >= 0.3 is 0 Å². The van der Waals surface area contributed by atoms with Crippen molar-refractivity contribution in [1.29, 1.82) is 0 Å². The van der Waals surface area contributed by atoms with E-state index in [-0.39, 0.29) is 23.4 Å². The summed E-state index contributed by atoms with van der Waals surface area (Å²) in [5.74, 6) is -3.15. The van der Waals surface area contributed by atoms with Crippen LogP contribution in [-0.4, -0.2) is 71.1 Å². The molecule has 1 fully saturated rings. The summed E-state index contributed by atoms with van der Waals surface area (Å²) in [6.07, 6.45) is 6.60. The molecular weight excluding hydrogens is 468 g/mol. The largest absolute Gasteiger partial charge is 0.475 e. The number of carbonyl (C=O) groups excluding carboxylic acids is 1. The minimum Gasteiger partial charge on any atom is -0.475 e. The zero-order chi connectivity index (χ0) is 25.9. The van der Waals surface area contributed by atoms with Gasteiger partial charge in [-0.25, -0.2) is 13.8 Å². The van der Waals surface area contributed by atoms with Crippen LogP contribution >= 0.6 is 0 Å². The molecule has 1 N–H and O–H groups in total. The molecule has 36 heavy (non-hydrogen) atoms. The number of hydrogen-bond acceptors (Lipinski definition) is 7. The third-order valence-corrected chi connectivity index (χ3v) is 6.09. The summed E-state index contributed by atoms with van der Waals surface area (Å²) in [5.41, 5.74) is 0.241. The highest BCUT2D eigenvalue weighted by molar-refractivity contribution is 5.97. The summed E-state index contributed by atoms with van der Waals surface area (Å²) >= 11 is 0. The molecule has 1 amide bonds. The standard InChI is InChI=1S/C26H31F2N5O3/c1-17(2)36-23-6-5-19(15-30-23)21-14-26(16-31-18(21)3,33-9-11-35-12-10-33)32-24(34)22-13-20(7-8-29-22)25(4,27)28/h5-8,13-18H,9-12H2,1-4H3,(H,32,34). The van der Waals surface area contributed by atoms with Gasteiger partial charge in [0.25, 0.3) is 11.8 Å². The predicted molar refractivity (Wildman–Crippen MR) is 132 cm³/mol. The number of hydrogen-bond donors (Lipinski definition) is 1. The second-order valence-corrected chi connectivity index (χ2v) is 9.30. The van der Waals surface area contributed by atoms with Crippen LogP contribution < -0.4 is 10.1 Å². The summed E-state index contributed by atoms with van der Waals surface area (Å²) < 4.78 is 38.9. The van der Waals surface area contributed by atoms with Crippen molar-refractivity contribution < 1.29 is 23.0 Å².